The van der Waals surface area contributed by atoms with Crippen molar-refractivity contribution in [3.05, 3.63) is 12.2 Å². The predicted molar refractivity (Wildman–Crippen MR) is 113 cm³/mol. The van der Waals surface area contributed by atoms with Crippen LogP contribution in [0, 0.1) is 5.41 Å². The van der Waals surface area contributed by atoms with Gasteiger partial charge in [0.1, 0.15) is 17.8 Å². The minimum absolute atomic E-state index is 0.0255. The van der Waals surface area contributed by atoms with Crippen LogP contribution in [0.5, 0.6) is 0 Å². The molecule has 6 unspecified atom stereocenters. The van der Waals surface area contributed by atoms with Crippen molar-refractivity contribution >= 4 is 5.78 Å². The molecule has 0 amide bonds. The lowest BCUT2D eigenvalue weighted by Gasteiger charge is -2.56. The molecule has 0 bridgehead atoms. The lowest BCUT2D eigenvalue weighted by molar-refractivity contribution is -0.288. The van der Waals surface area contributed by atoms with E-state index in [1.54, 1.807) is 6.08 Å². The quantitative estimate of drug-likeness (QED) is 0.558. The van der Waals surface area contributed by atoms with Gasteiger partial charge >= 0.3 is 0 Å². The summed E-state index contributed by atoms with van der Waals surface area (Å²) in [6.07, 6.45) is 1.88. The van der Waals surface area contributed by atoms with Crippen LogP contribution in [-0.4, -0.2) is 69.1 Å². The number of rotatable bonds is 6. The number of aliphatic hydroxyl groups is 3. The molecule has 0 aromatic heterocycles. The van der Waals surface area contributed by atoms with Gasteiger partial charge in [0.2, 0.25) is 0 Å². The van der Waals surface area contributed by atoms with E-state index in [9.17, 15) is 20.1 Å². The summed E-state index contributed by atoms with van der Waals surface area (Å²) in [5, 5.41) is 32.2. The zero-order chi connectivity index (χ0) is 23.0. The zero-order valence-corrected chi connectivity index (χ0v) is 19.5. The zero-order valence-electron chi connectivity index (χ0n) is 19.5. The summed E-state index contributed by atoms with van der Waals surface area (Å²) in [5.41, 5.74) is -3.39. The molecule has 6 atom stereocenters. The van der Waals surface area contributed by atoms with Gasteiger partial charge in [0, 0.05) is 6.42 Å². The van der Waals surface area contributed by atoms with Crippen LogP contribution in [-0.2, 0) is 19.0 Å². The summed E-state index contributed by atoms with van der Waals surface area (Å²) in [4.78, 5) is 11.6. The van der Waals surface area contributed by atoms with E-state index in [-0.39, 0.29) is 18.8 Å². The molecule has 0 spiro atoms. The minimum Gasteiger partial charge on any atom is -0.390 e. The SMILES string of the molecule is CC(=O)/C=C/C1(O)C(C)(C)CCCC1(C)OCC1OC(O)CC(O)C1OC(C)(C)C. The maximum atomic E-state index is 11.7. The number of hydrogen-bond acceptors (Lipinski definition) is 7. The molecule has 1 saturated carbocycles. The first-order chi connectivity index (χ1) is 13.6. The van der Waals surface area contributed by atoms with Gasteiger partial charge in [0.05, 0.1) is 23.9 Å². The molecular formula is C23H40O7. The smallest absolute Gasteiger partial charge is 0.157 e. The fourth-order valence-corrected chi connectivity index (χ4v) is 4.67. The van der Waals surface area contributed by atoms with Crippen molar-refractivity contribution in [1.29, 1.82) is 0 Å². The van der Waals surface area contributed by atoms with Gasteiger partial charge in [-0.15, -0.1) is 0 Å². The van der Waals surface area contributed by atoms with Crippen molar-refractivity contribution in [2.75, 3.05) is 6.61 Å². The first-order valence-electron chi connectivity index (χ1n) is 10.9. The first kappa shape index (κ1) is 25.4. The Kier molecular flexibility index (Phi) is 7.60. The van der Waals surface area contributed by atoms with E-state index >= 15 is 0 Å². The standard InChI is InChI=1S/C23H40O7/c1-15(24)9-12-23(27)21(5,6)10-8-11-22(23,7)28-14-17-19(30-20(2,3)4)16(25)13-18(26)29-17/h9,12,16-19,25-27H,8,10-11,13-14H2,1-7H3/b12-9+. The molecule has 1 heterocycles. The van der Waals surface area contributed by atoms with Gasteiger partial charge in [-0.1, -0.05) is 13.8 Å². The number of ketones is 1. The highest BCUT2D eigenvalue weighted by molar-refractivity contribution is 5.87. The number of ether oxygens (including phenoxy) is 3. The third-order valence-electron chi connectivity index (χ3n) is 6.43. The maximum Gasteiger partial charge on any atom is 0.157 e. The highest BCUT2D eigenvalue weighted by Crippen LogP contribution is 2.52. The summed E-state index contributed by atoms with van der Waals surface area (Å²) in [6, 6.07) is 0. The lowest BCUT2D eigenvalue weighted by atomic mass is 9.58. The van der Waals surface area contributed by atoms with Gasteiger partial charge in [-0.25, -0.2) is 0 Å². The number of carbonyl (C=O) groups excluding carboxylic acids is 1. The highest BCUT2D eigenvalue weighted by Gasteiger charge is 2.58. The Morgan fingerprint density at radius 1 is 1.20 bits per heavy atom. The van der Waals surface area contributed by atoms with E-state index in [0.29, 0.717) is 6.42 Å². The molecular weight excluding hydrogens is 388 g/mol. The number of allylic oxidation sites excluding steroid dienone is 1. The van der Waals surface area contributed by atoms with Crippen molar-refractivity contribution in [3.8, 4) is 0 Å². The van der Waals surface area contributed by atoms with Crippen molar-refractivity contribution in [2.24, 2.45) is 5.41 Å². The Morgan fingerprint density at radius 3 is 2.40 bits per heavy atom. The molecule has 1 aliphatic carbocycles. The molecule has 1 aliphatic heterocycles. The van der Waals surface area contributed by atoms with E-state index < -0.39 is 46.8 Å². The summed E-state index contributed by atoms with van der Waals surface area (Å²) in [6.45, 7) is 12.9. The van der Waals surface area contributed by atoms with Crippen LogP contribution in [0.4, 0.5) is 0 Å². The molecule has 0 aromatic rings. The molecule has 3 N–H and O–H groups in total. The highest BCUT2D eigenvalue weighted by atomic mass is 16.6. The molecule has 174 valence electrons. The Balaban J connectivity index is 2.27. The van der Waals surface area contributed by atoms with Gasteiger partial charge in [-0.2, -0.15) is 0 Å². The fourth-order valence-electron chi connectivity index (χ4n) is 4.67. The molecule has 7 heteroatoms. The molecule has 0 radical (unpaired) electrons. The van der Waals surface area contributed by atoms with Crippen LogP contribution in [0.2, 0.25) is 0 Å². The molecule has 2 fully saturated rings. The predicted octanol–water partition coefficient (Wildman–Crippen LogP) is 2.50. The van der Waals surface area contributed by atoms with E-state index in [0.717, 1.165) is 12.8 Å². The summed E-state index contributed by atoms with van der Waals surface area (Å²) in [7, 11) is 0. The van der Waals surface area contributed by atoms with E-state index in [1.807, 2.05) is 41.5 Å². The Morgan fingerprint density at radius 2 is 1.83 bits per heavy atom. The fraction of sp³-hybridized carbons (Fsp3) is 0.870. The molecule has 1 saturated heterocycles. The van der Waals surface area contributed by atoms with E-state index in [4.69, 9.17) is 14.2 Å². The van der Waals surface area contributed by atoms with E-state index in [2.05, 4.69) is 0 Å². The van der Waals surface area contributed by atoms with E-state index in [1.165, 1.54) is 13.0 Å². The molecule has 2 rings (SSSR count). The van der Waals surface area contributed by atoms with Gasteiger partial charge in [0.15, 0.2) is 12.1 Å². The van der Waals surface area contributed by atoms with Gasteiger partial charge in [-0.3, -0.25) is 4.79 Å². The number of carbonyl (C=O) groups is 1. The Hall–Kier alpha value is -0.830. The van der Waals surface area contributed by atoms with Gasteiger partial charge < -0.3 is 29.5 Å². The average molecular weight is 429 g/mol. The van der Waals surface area contributed by atoms with Crippen LogP contribution in [0.1, 0.15) is 74.1 Å². The van der Waals surface area contributed by atoms with Crippen molar-refractivity contribution in [2.45, 2.75) is 116 Å². The van der Waals surface area contributed by atoms with Crippen LogP contribution < -0.4 is 0 Å². The van der Waals surface area contributed by atoms with Crippen LogP contribution in [0.25, 0.3) is 0 Å². The van der Waals surface area contributed by atoms with Crippen LogP contribution in [0.15, 0.2) is 12.2 Å². The third kappa shape index (κ3) is 5.50. The number of aliphatic hydroxyl groups excluding tert-OH is 2. The summed E-state index contributed by atoms with van der Waals surface area (Å²) >= 11 is 0. The Labute approximate surface area is 180 Å². The normalized spacial score (nSPS) is 39.9. The lowest BCUT2D eigenvalue weighted by Crippen LogP contribution is -2.64. The monoisotopic (exact) mass is 428 g/mol. The topological polar surface area (TPSA) is 105 Å². The average Bonchev–Trinajstić information content (AvgIpc) is 2.58. The van der Waals surface area contributed by atoms with Gasteiger partial charge in [0.25, 0.3) is 0 Å². The molecule has 30 heavy (non-hydrogen) atoms. The minimum atomic E-state index is -1.38. The maximum absolute atomic E-state index is 11.7. The summed E-state index contributed by atoms with van der Waals surface area (Å²) in [5.74, 6) is -0.146. The van der Waals surface area contributed by atoms with Crippen molar-refractivity contribution < 1.29 is 34.3 Å². The number of hydrogen-bond donors (Lipinski definition) is 3. The van der Waals surface area contributed by atoms with Gasteiger partial charge in [-0.05, 0) is 71.4 Å². The largest absolute Gasteiger partial charge is 0.390 e. The summed E-state index contributed by atoms with van der Waals surface area (Å²) < 4.78 is 18.0. The second kappa shape index (κ2) is 8.96. The molecule has 7 nitrogen and oxygen atoms in total. The molecule has 2 aliphatic rings. The van der Waals surface area contributed by atoms with Crippen LogP contribution in [0.3, 0.4) is 0 Å². The van der Waals surface area contributed by atoms with Crippen molar-refractivity contribution in [1.82, 2.24) is 0 Å². The molecule has 0 aromatic carbocycles. The third-order valence-corrected chi connectivity index (χ3v) is 6.43. The second-order valence-corrected chi connectivity index (χ2v) is 10.6. The first-order valence-corrected chi connectivity index (χ1v) is 10.9. The van der Waals surface area contributed by atoms with Crippen molar-refractivity contribution in [3.63, 3.8) is 0 Å². The Bertz CT molecular complexity index is 638. The van der Waals surface area contributed by atoms with Crippen LogP contribution >= 0.6 is 0 Å². The second-order valence-electron chi connectivity index (χ2n) is 10.6.